The fraction of sp³-hybridized carbons (Fsp3) is 0.0833. The third kappa shape index (κ3) is 4.20. The van der Waals surface area contributed by atoms with Gasteiger partial charge in [0.2, 0.25) is 0 Å². The van der Waals surface area contributed by atoms with Gasteiger partial charge in [0.15, 0.2) is 5.69 Å². The van der Waals surface area contributed by atoms with Crippen LogP contribution in [0.1, 0.15) is 16.1 Å². The Labute approximate surface area is 173 Å². The van der Waals surface area contributed by atoms with E-state index in [4.69, 9.17) is 9.47 Å². The molecule has 29 heavy (non-hydrogen) atoms. The fourth-order valence-electron chi connectivity index (χ4n) is 2.97. The van der Waals surface area contributed by atoms with E-state index in [2.05, 4.69) is 4.98 Å². The normalized spacial score (nSPS) is 10.5. The number of thiazole rings is 1. The van der Waals surface area contributed by atoms with Crippen LogP contribution in [-0.4, -0.2) is 18.1 Å². The number of methoxy groups -OCH3 is 1. The first kappa shape index (κ1) is 18.9. The summed E-state index contributed by atoms with van der Waals surface area (Å²) in [5.41, 5.74) is 3.03. The summed E-state index contributed by atoms with van der Waals surface area (Å²) in [5, 5.41) is 0.716. The van der Waals surface area contributed by atoms with Crippen LogP contribution in [0.5, 0.6) is 5.75 Å². The molecule has 0 unspecified atom stereocenters. The Morgan fingerprint density at radius 3 is 2.28 bits per heavy atom. The van der Waals surface area contributed by atoms with Crippen molar-refractivity contribution in [2.24, 2.45) is 0 Å². The second-order valence-corrected chi connectivity index (χ2v) is 7.32. The van der Waals surface area contributed by atoms with Crippen molar-refractivity contribution in [2.75, 3.05) is 7.11 Å². The molecule has 4 aromatic rings. The number of rotatable bonds is 6. The van der Waals surface area contributed by atoms with Crippen molar-refractivity contribution in [2.45, 2.75) is 6.61 Å². The standard InChI is InChI=1S/C24H19NO3S/c1-27-20-15-9-8-14-19(20)23-25-21(22(29-23)18-12-6-3-7-13-18)24(26)28-16-17-10-4-2-5-11-17/h2-15H,16H2,1H3. The predicted octanol–water partition coefficient (Wildman–Crippen LogP) is 5.84. The number of carbonyl (C=O) groups excluding carboxylic acids is 1. The molecule has 4 nitrogen and oxygen atoms in total. The van der Waals surface area contributed by atoms with Gasteiger partial charge in [-0.05, 0) is 23.3 Å². The van der Waals surface area contributed by atoms with Crippen LogP contribution in [0.15, 0.2) is 84.9 Å². The van der Waals surface area contributed by atoms with Gasteiger partial charge in [-0.25, -0.2) is 9.78 Å². The molecule has 0 radical (unpaired) electrons. The summed E-state index contributed by atoms with van der Waals surface area (Å²) in [6.07, 6.45) is 0. The zero-order chi connectivity index (χ0) is 20.1. The number of hydrogen-bond donors (Lipinski definition) is 0. The number of ether oxygens (including phenoxy) is 2. The first-order chi connectivity index (χ1) is 14.3. The predicted molar refractivity (Wildman–Crippen MR) is 115 cm³/mol. The highest BCUT2D eigenvalue weighted by Gasteiger charge is 2.23. The number of hydrogen-bond acceptors (Lipinski definition) is 5. The Morgan fingerprint density at radius 1 is 0.897 bits per heavy atom. The van der Waals surface area contributed by atoms with Crippen molar-refractivity contribution in [3.63, 3.8) is 0 Å². The lowest BCUT2D eigenvalue weighted by Gasteiger charge is -2.05. The van der Waals surface area contributed by atoms with Crippen LogP contribution in [0.2, 0.25) is 0 Å². The minimum atomic E-state index is -0.440. The average molecular weight is 401 g/mol. The van der Waals surface area contributed by atoms with E-state index in [0.29, 0.717) is 16.5 Å². The Bertz CT molecular complexity index is 1110. The van der Waals surface area contributed by atoms with Crippen molar-refractivity contribution in [3.05, 3.63) is 96.2 Å². The van der Waals surface area contributed by atoms with Gasteiger partial charge >= 0.3 is 5.97 Å². The molecule has 5 heteroatoms. The molecule has 0 fully saturated rings. The lowest BCUT2D eigenvalue weighted by molar-refractivity contribution is 0.0467. The number of para-hydroxylation sites is 1. The Balaban J connectivity index is 1.71. The summed E-state index contributed by atoms with van der Waals surface area (Å²) >= 11 is 1.45. The van der Waals surface area contributed by atoms with Gasteiger partial charge in [-0.3, -0.25) is 0 Å². The highest BCUT2D eigenvalue weighted by molar-refractivity contribution is 7.18. The van der Waals surface area contributed by atoms with E-state index < -0.39 is 5.97 Å². The van der Waals surface area contributed by atoms with Crippen molar-refractivity contribution in [3.8, 4) is 26.8 Å². The molecule has 0 amide bonds. The van der Waals surface area contributed by atoms with Gasteiger partial charge in [-0.15, -0.1) is 11.3 Å². The van der Waals surface area contributed by atoms with Gasteiger partial charge in [0.05, 0.1) is 17.6 Å². The lowest BCUT2D eigenvalue weighted by atomic mass is 10.1. The number of aromatic nitrogens is 1. The van der Waals surface area contributed by atoms with Crippen LogP contribution in [0.25, 0.3) is 21.0 Å². The fourth-order valence-corrected chi connectivity index (χ4v) is 4.06. The van der Waals surface area contributed by atoms with Gasteiger partial charge < -0.3 is 9.47 Å². The summed E-state index contributed by atoms with van der Waals surface area (Å²) in [5.74, 6) is 0.273. The van der Waals surface area contributed by atoms with E-state index in [9.17, 15) is 4.79 Å². The second-order valence-electron chi connectivity index (χ2n) is 6.32. The van der Waals surface area contributed by atoms with Gasteiger partial charge in [0, 0.05) is 0 Å². The van der Waals surface area contributed by atoms with Crippen molar-refractivity contribution in [1.29, 1.82) is 0 Å². The number of esters is 1. The number of nitrogens with zero attached hydrogens (tertiary/aromatic N) is 1. The van der Waals surface area contributed by atoms with E-state index in [-0.39, 0.29) is 6.61 Å². The Hall–Kier alpha value is -3.44. The molecule has 1 aromatic heterocycles. The molecule has 0 saturated carbocycles. The summed E-state index contributed by atoms with van der Waals surface area (Å²) in [6.45, 7) is 0.204. The summed E-state index contributed by atoms with van der Waals surface area (Å²) in [4.78, 5) is 18.3. The monoisotopic (exact) mass is 401 g/mol. The molecule has 0 N–H and O–H groups in total. The molecule has 0 aliphatic carbocycles. The molecule has 4 rings (SSSR count). The smallest absolute Gasteiger partial charge is 0.358 e. The van der Waals surface area contributed by atoms with Gasteiger partial charge in [0.25, 0.3) is 0 Å². The first-order valence-corrected chi connectivity index (χ1v) is 9.98. The van der Waals surface area contributed by atoms with Crippen LogP contribution in [0.3, 0.4) is 0 Å². The summed E-state index contributed by atoms with van der Waals surface area (Å²) in [7, 11) is 1.62. The minimum absolute atomic E-state index is 0.204. The molecule has 144 valence electrons. The quantitative estimate of drug-likeness (QED) is 0.381. The van der Waals surface area contributed by atoms with Crippen LogP contribution in [0, 0.1) is 0 Å². The van der Waals surface area contributed by atoms with E-state index in [0.717, 1.165) is 21.6 Å². The van der Waals surface area contributed by atoms with E-state index in [1.165, 1.54) is 11.3 Å². The second kappa shape index (κ2) is 8.71. The highest BCUT2D eigenvalue weighted by atomic mass is 32.1. The third-order valence-corrected chi connectivity index (χ3v) is 5.54. The zero-order valence-electron chi connectivity index (χ0n) is 15.9. The lowest BCUT2D eigenvalue weighted by Crippen LogP contribution is -2.07. The van der Waals surface area contributed by atoms with Crippen molar-refractivity contribution >= 4 is 17.3 Å². The number of benzene rings is 3. The SMILES string of the molecule is COc1ccccc1-c1nc(C(=O)OCc2ccccc2)c(-c2ccccc2)s1. The van der Waals surface area contributed by atoms with E-state index >= 15 is 0 Å². The topological polar surface area (TPSA) is 48.4 Å². The minimum Gasteiger partial charge on any atom is -0.496 e. The molecule has 1 heterocycles. The van der Waals surface area contributed by atoms with Gasteiger partial charge in [0.1, 0.15) is 17.4 Å². The molecular formula is C24H19NO3S. The van der Waals surface area contributed by atoms with Gasteiger partial charge in [-0.2, -0.15) is 0 Å². The van der Waals surface area contributed by atoms with Crippen molar-refractivity contribution in [1.82, 2.24) is 4.98 Å². The Kier molecular flexibility index (Phi) is 5.68. The first-order valence-electron chi connectivity index (χ1n) is 9.17. The van der Waals surface area contributed by atoms with Crippen LogP contribution in [-0.2, 0) is 11.3 Å². The molecule has 3 aromatic carbocycles. The summed E-state index contributed by atoms with van der Waals surface area (Å²) in [6, 6.07) is 27.0. The van der Waals surface area contributed by atoms with Crippen molar-refractivity contribution < 1.29 is 14.3 Å². The Morgan fingerprint density at radius 2 is 1.55 bits per heavy atom. The van der Waals surface area contributed by atoms with E-state index in [1.54, 1.807) is 7.11 Å². The maximum absolute atomic E-state index is 12.9. The van der Waals surface area contributed by atoms with Crippen LogP contribution >= 0.6 is 11.3 Å². The highest BCUT2D eigenvalue weighted by Crippen LogP contribution is 2.39. The third-order valence-electron chi connectivity index (χ3n) is 4.41. The largest absolute Gasteiger partial charge is 0.496 e. The van der Waals surface area contributed by atoms with Gasteiger partial charge in [-0.1, -0.05) is 72.8 Å². The van der Waals surface area contributed by atoms with Crippen LogP contribution < -0.4 is 4.74 Å². The zero-order valence-corrected chi connectivity index (χ0v) is 16.7. The maximum Gasteiger partial charge on any atom is 0.358 e. The van der Waals surface area contributed by atoms with E-state index in [1.807, 2.05) is 84.9 Å². The molecule has 0 aliphatic heterocycles. The van der Waals surface area contributed by atoms with Crippen LogP contribution in [0.4, 0.5) is 0 Å². The summed E-state index contributed by atoms with van der Waals surface area (Å²) < 4.78 is 11.0. The number of carbonyl (C=O) groups is 1. The molecule has 0 atom stereocenters. The molecular weight excluding hydrogens is 382 g/mol. The maximum atomic E-state index is 12.9. The average Bonchev–Trinajstić information content (AvgIpc) is 3.24. The molecule has 0 spiro atoms. The molecule has 0 bridgehead atoms. The molecule has 0 aliphatic rings. The molecule has 0 saturated heterocycles.